The van der Waals surface area contributed by atoms with Crippen LogP contribution in [0.3, 0.4) is 0 Å². The number of rotatable bonds is 5. The van der Waals surface area contributed by atoms with Crippen molar-refractivity contribution in [2.45, 2.75) is 45.8 Å². The standard InChI is InChI=1S/C22H27N7O3/c1-22(2,3)32-21(31)29-14(11-13-7-6-8-15(30)18(13)29)17-16-19(24)25-12-26-20(16)28(27-17)10-5-4-9-23/h6-8,11-12,30H,4-5,9-10,23H2,1-3H3,(H2,24,25,26). The number of unbranched alkanes of at least 4 members (excludes halogenated alkanes) is 1. The van der Waals surface area contributed by atoms with E-state index in [1.165, 1.54) is 17.0 Å². The normalized spacial score (nSPS) is 12.0. The van der Waals surface area contributed by atoms with E-state index in [9.17, 15) is 9.90 Å². The molecule has 0 spiro atoms. The minimum absolute atomic E-state index is 0.0458. The number of nitrogens with two attached hydrogens (primary N) is 2. The molecule has 0 fully saturated rings. The van der Waals surface area contributed by atoms with E-state index in [1.54, 1.807) is 43.7 Å². The Hall–Kier alpha value is -3.66. The van der Waals surface area contributed by atoms with Crippen molar-refractivity contribution < 1.29 is 14.6 Å². The Morgan fingerprint density at radius 1 is 1.22 bits per heavy atom. The summed E-state index contributed by atoms with van der Waals surface area (Å²) >= 11 is 0. The molecule has 3 aromatic heterocycles. The Morgan fingerprint density at radius 2 is 2.00 bits per heavy atom. The van der Waals surface area contributed by atoms with Crippen molar-refractivity contribution in [1.29, 1.82) is 0 Å². The summed E-state index contributed by atoms with van der Waals surface area (Å²) in [5.41, 5.74) is 12.9. The van der Waals surface area contributed by atoms with Gasteiger partial charge in [-0.25, -0.2) is 24.0 Å². The molecule has 5 N–H and O–H groups in total. The van der Waals surface area contributed by atoms with Crippen LogP contribution in [-0.2, 0) is 11.3 Å². The third-order valence-electron chi connectivity index (χ3n) is 5.00. The zero-order chi connectivity index (χ0) is 23.0. The number of hydrogen-bond acceptors (Lipinski definition) is 8. The molecule has 32 heavy (non-hydrogen) atoms. The highest BCUT2D eigenvalue weighted by atomic mass is 16.6. The van der Waals surface area contributed by atoms with Crippen molar-refractivity contribution in [1.82, 2.24) is 24.3 Å². The highest BCUT2D eigenvalue weighted by molar-refractivity contribution is 6.04. The van der Waals surface area contributed by atoms with E-state index in [4.69, 9.17) is 21.3 Å². The predicted molar refractivity (Wildman–Crippen MR) is 122 cm³/mol. The van der Waals surface area contributed by atoms with Gasteiger partial charge in [0.25, 0.3) is 0 Å². The number of benzene rings is 1. The van der Waals surface area contributed by atoms with Gasteiger partial charge in [0.15, 0.2) is 5.65 Å². The summed E-state index contributed by atoms with van der Waals surface area (Å²) < 4.78 is 8.71. The third-order valence-corrected chi connectivity index (χ3v) is 5.00. The summed E-state index contributed by atoms with van der Waals surface area (Å²) in [7, 11) is 0. The van der Waals surface area contributed by atoms with Gasteiger partial charge in [0.2, 0.25) is 0 Å². The van der Waals surface area contributed by atoms with Crippen molar-refractivity contribution in [3.05, 3.63) is 30.6 Å². The molecule has 168 valence electrons. The number of nitrogens with zero attached hydrogens (tertiary/aromatic N) is 5. The quantitative estimate of drug-likeness (QED) is 0.403. The summed E-state index contributed by atoms with van der Waals surface area (Å²) in [6.45, 7) is 6.51. The van der Waals surface area contributed by atoms with Gasteiger partial charge in [-0.05, 0) is 52.3 Å². The largest absolute Gasteiger partial charge is 0.506 e. The Kier molecular flexibility index (Phi) is 5.47. The zero-order valence-electron chi connectivity index (χ0n) is 18.4. The maximum atomic E-state index is 13.2. The van der Waals surface area contributed by atoms with Gasteiger partial charge in [0, 0.05) is 11.9 Å². The molecule has 0 unspecified atom stereocenters. The van der Waals surface area contributed by atoms with Gasteiger partial charge in [-0.15, -0.1) is 0 Å². The van der Waals surface area contributed by atoms with E-state index in [2.05, 4.69) is 9.97 Å². The molecule has 1 aromatic carbocycles. The topological polar surface area (TPSA) is 147 Å². The number of fused-ring (bicyclic) bond motifs is 2. The van der Waals surface area contributed by atoms with Gasteiger partial charge >= 0.3 is 6.09 Å². The molecule has 0 aliphatic heterocycles. The molecule has 0 saturated carbocycles. The van der Waals surface area contributed by atoms with Crippen LogP contribution >= 0.6 is 0 Å². The molecule has 0 aliphatic carbocycles. The number of aryl methyl sites for hydroxylation is 1. The fraction of sp³-hybridized carbons (Fsp3) is 0.364. The second-order valence-corrected chi connectivity index (χ2v) is 8.59. The van der Waals surface area contributed by atoms with Crippen molar-refractivity contribution in [3.8, 4) is 17.1 Å². The van der Waals surface area contributed by atoms with Gasteiger partial charge in [-0.1, -0.05) is 12.1 Å². The lowest BCUT2D eigenvalue weighted by Gasteiger charge is -2.21. The minimum atomic E-state index is -0.735. The Morgan fingerprint density at radius 3 is 2.72 bits per heavy atom. The van der Waals surface area contributed by atoms with Crippen LogP contribution in [0.15, 0.2) is 30.6 Å². The fourth-order valence-corrected chi connectivity index (χ4v) is 3.68. The molecule has 3 heterocycles. The number of ether oxygens (including phenoxy) is 1. The summed E-state index contributed by atoms with van der Waals surface area (Å²) in [5, 5.41) is 16.5. The monoisotopic (exact) mass is 437 g/mol. The van der Waals surface area contributed by atoms with Gasteiger partial charge in [0.1, 0.15) is 34.7 Å². The van der Waals surface area contributed by atoms with Crippen molar-refractivity contribution >= 4 is 33.8 Å². The maximum absolute atomic E-state index is 13.2. The number of carbonyl (C=O) groups excluding carboxylic acids is 1. The Labute approximate surface area is 184 Å². The highest BCUT2D eigenvalue weighted by Gasteiger charge is 2.27. The van der Waals surface area contributed by atoms with Crippen LogP contribution in [0.4, 0.5) is 10.6 Å². The number of hydrogen-bond donors (Lipinski definition) is 3. The van der Waals surface area contributed by atoms with Crippen LogP contribution in [0, 0.1) is 0 Å². The molecular formula is C22H27N7O3. The minimum Gasteiger partial charge on any atom is -0.506 e. The first-order valence-electron chi connectivity index (χ1n) is 10.5. The molecule has 0 aliphatic rings. The highest BCUT2D eigenvalue weighted by Crippen LogP contribution is 2.37. The second-order valence-electron chi connectivity index (χ2n) is 8.59. The van der Waals surface area contributed by atoms with E-state index in [0.717, 1.165) is 12.8 Å². The molecule has 4 rings (SSSR count). The van der Waals surface area contributed by atoms with E-state index < -0.39 is 11.7 Å². The fourth-order valence-electron chi connectivity index (χ4n) is 3.68. The molecule has 0 saturated heterocycles. The van der Waals surface area contributed by atoms with E-state index >= 15 is 0 Å². The molecule has 10 heteroatoms. The zero-order valence-corrected chi connectivity index (χ0v) is 18.4. The number of phenolic OH excluding ortho intramolecular Hbond substituents is 1. The van der Waals surface area contributed by atoms with Crippen LogP contribution in [-0.4, -0.2) is 47.7 Å². The molecular weight excluding hydrogens is 410 g/mol. The van der Waals surface area contributed by atoms with Crippen LogP contribution in [0.2, 0.25) is 0 Å². The van der Waals surface area contributed by atoms with E-state index in [0.29, 0.717) is 46.4 Å². The SMILES string of the molecule is CC(C)(C)OC(=O)n1c(-c2nn(CCCCN)c3ncnc(N)c23)cc2cccc(O)c21. The molecule has 0 atom stereocenters. The first kappa shape index (κ1) is 21.6. The average Bonchev–Trinajstić information content (AvgIpc) is 3.27. The van der Waals surface area contributed by atoms with Gasteiger partial charge in [0.05, 0.1) is 11.1 Å². The third kappa shape index (κ3) is 3.84. The average molecular weight is 438 g/mol. The molecule has 0 amide bonds. The lowest BCUT2D eigenvalue weighted by Crippen LogP contribution is -2.27. The number of nitrogen functional groups attached to an aromatic ring is 1. The van der Waals surface area contributed by atoms with Gasteiger partial charge < -0.3 is 21.3 Å². The Bertz CT molecular complexity index is 1300. The van der Waals surface area contributed by atoms with Gasteiger partial charge in [-0.3, -0.25) is 0 Å². The molecule has 0 bridgehead atoms. The van der Waals surface area contributed by atoms with Crippen LogP contribution < -0.4 is 11.5 Å². The van der Waals surface area contributed by atoms with Crippen molar-refractivity contribution in [2.24, 2.45) is 5.73 Å². The molecule has 4 aromatic rings. The number of aromatic hydroxyl groups is 1. The first-order valence-corrected chi connectivity index (χ1v) is 10.5. The second kappa shape index (κ2) is 8.12. The molecule has 0 radical (unpaired) electrons. The smallest absolute Gasteiger partial charge is 0.419 e. The number of aromatic nitrogens is 5. The van der Waals surface area contributed by atoms with Gasteiger partial charge in [-0.2, -0.15) is 5.10 Å². The lowest BCUT2D eigenvalue weighted by molar-refractivity contribution is 0.0546. The summed E-state index contributed by atoms with van der Waals surface area (Å²) in [4.78, 5) is 21.7. The predicted octanol–water partition coefficient (Wildman–Crippen LogP) is 3.26. The number of para-hydroxylation sites is 1. The van der Waals surface area contributed by atoms with Crippen molar-refractivity contribution in [3.63, 3.8) is 0 Å². The molecule has 10 nitrogen and oxygen atoms in total. The summed E-state index contributed by atoms with van der Waals surface area (Å²) in [5.74, 6) is 0.204. The number of phenols is 1. The number of carbonyl (C=O) groups is 1. The lowest BCUT2D eigenvalue weighted by atomic mass is 10.2. The number of anilines is 1. The van der Waals surface area contributed by atoms with Crippen LogP contribution in [0.5, 0.6) is 5.75 Å². The maximum Gasteiger partial charge on any atom is 0.419 e. The summed E-state index contributed by atoms with van der Waals surface area (Å²) in [6.07, 6.45) is 2.40. The van der Waals surface area contributed by atoms with E-state index in [-0.39, 0.29) is 11.6 Å². The van der Waals surface area contributed by atoms with Crippen LogP contribution in [0.1, 0.15) is 33.6 Å². The Balaban J connectivity index is 1.99. The van der Waals surface area contributed by atoms with Crippen molar-refractivity contribution in [2.75, 3.05) is 12.3 Å². The summed E-state index contributed by atoms with van der Waals surface area (Å²) in [6, 6.07) is 6.81. The van der Waals surface area contributed by atoms with E-state index in [1.807, 2.05) is 0 Å². The first-order chi connectivity index (χ1) is 15.2. The van der Waals surface area contributed by atoms with Crippen LogP contribution in [0.25, 0.3) is 33.3 Å².